The van der Waals surface area contributed by atoms with Crippen molar-refractivity contribution in [2.75, 3.05) is 24.7 Å². The maximum absolute atomic E-state index is 13.1. The van der Waals surface area contributed by atoms with E-state index in [0.717, 1.165) is 36.4 Å². The predicted octanol–water partition coefficient (Wildman–Crippen LogP) is 3.89. The van der Waals surface area contributed by atoms with Crippen molar-refractivity contribution in [2.45, 2.75) is 31.6 Å². The zero-order valence-electron chi connectivity index (χ0n) is 18.6. The molecular formula is C27H28N4O2. The summed E-state index contributed by atoms with van der Waals surface area (Å²) in [5.41, 5.74) is 3.48. The summed E-state index contributed by atoms with van der Waals surface area (Å²) < 4.78 is 0. The van der Waals surface area contributed by atoms with Crippen LogP contribution in [0.2, 0.25) is 0 Å². The van der Waals surface area contributed by atoms with E-state index in [-0.39, 0.29) is 11.5 Å². The molecule has 3 aliphatic carbocycles. The monoisotopic (exact) mass is 440 g/mol. The first-order chi connectivity index (χ1) is 16.2. The standard InChI is InChI=1S/C27H28N4O2/c32-25-21-8-4-5-9-24(21)28-27(29-25)31-15-14-30(17-31)26(33)20-12-10-19(11-13-20)23-16-22(23)18-6-2-1-3-7-18/h1-3,5-6,9-13,18,22-23H,4,7-8,14-17H2,(H,28,29,32)/t18?,22-,23+/m1/s1. The van der Waals surface area contributed by atoms with Crippen molar-refractivity contribution < 1.29 is 4.79 Å². The van der Waals surface area contributed by atoms with Crippen molar-refractivity contribution in [3.05, 3.63) is 87.4 Å². The first kappa shape index (κ1) is 20.2. The number of carbonyl (C=O) groups is 1. The summed E-state index contributed by atoms with van der Waals surface area (Å²) in [4.78, 5) is 36.9. The number of hydrogen-bond donors (Lipinski definition) is 1. The maximum Gasteiger partial charge on any atom is 0.256 e. The van der Waals surface area contributed by atoms with Crippen LogP contribution in [0.3, 0.4) is 0 Å². The van der Waals surface area contributed by atoms with Gasteiger partial charge in [-0.15, -0.1) is 0 Å². The molecule has 1 N–H and O–H groups in total. The van der Waals surface area contributed by atoms with Gasteiger partial charge in [0.1, 0.15) is 0 Å². The van der Waals surface area contributed by atoms with E-state index < -0.39 is 0 Å². The molecule has 1 saturated carbocycles. The third-order valence-electron chi connectivity index (χ3n) is 7.43. The Balaban J connectivity index is 1.11. The number of aromatic nitrogens is 2. The van der Waals surface area contributed by atoms with Crippen LogP contribution in [0.25, 0.3) is 6.08 Å². The number of amides is 1. The molecule has 0 bridgehead atoms. The van der Waals surface area contributed by atoms with Crippen LogP contribution in [0.1, 0.15) is 52.4 Å². The highest BCUT2D eigenvalue weighted by atomic mass is 16.2. The Morgan fingerprint density at radius 3 is 2.79 bits per heavy atom. The largest absolute Gasteiger partial charge is 0.323 e. The molecule has 1 unspecified atom stereocenters. The molecule has 2 fully saturated rings. The third-order valence-corrected chi connectivity index (χ3v) is 7.43. The van der Waals surface area contributed by atoms with Gasteiger partial charge >= 0.3 is 0 Å². The Kier molecular flexibility index (Phi) is 5.01. The Morgan fingerprint density at radius 2 is 1.97 bits per heavy atom. The number of fused-ring (bicyclic) bond motifs is 1. The lowest BCUT2D eigenvalue weighted by atomic mass is 9.93. The van der Waals surface area contributed by atoms with Crippen molar-refractivity contribution in [1.82, 2.24) is 14.9 Å². The van der Waals surface area contributed by atoms with Crippen LogP contribution >= 0.6 is 0 Å². The minimum Gasteiger partial charge on any atom is -0.323 e. The van der Waals surface area contributed by atoms with E-state index in [1.165, 1.54) is 12.0 Å². The summed E-state index contributed by atoms with van der Waals surface area (Å²) in [6.45, 7) is 1.70. The molecule has 1 saturated heterocycles. The van der Waals surface area contributed by atoms with E-state index in [1.54, 1.807) is 0 Å². The molecule has 6 rings (SSSR count). The summed E-state index contributed by atoms with van der Waals surface area (Å²) in [5, 5.41) is 0. The fourth-order valence-corrected chi connectivity index (χ4v) is 5.43. The van der Waals surface area contributed by atoms with Gasteiger partial charge in [-0.05, 0) is 67.2 Å². The van der Waals surface area contributed by atoms with Crippen LogP contribution in [0.5, 0.6) is 0 Å². The topological polar surface area (TPSA) is 69.3 Å². The number of allylic oxidation sites excluding steroid dienone is 5. The second-order valence-electron chi connectivity index (χ2n) is 9.51. The van der Waals surface area contributed by atoms with E-state index in [1.807, 2.05) is 28.0 Å². The van der Waals surface area contributed by atoms with Gasteiger partial charge in [-0.1, -0.05) is 42.5 Å². The molecule has 2 aromatic rings. The molecule has 0 radical (unpaired) electrons. The number of carbonyl (C=O) groups excluding carboxylic acids is 1. The molecule has 1 aromatic carbocycles. The minimum absolute atomic E-state index is 0.0250. The van der Waals surface area contributed by atoms with Crippen LogP contribution in [0, 0.1) is 11.8 Å². The zero-order chi connectivity index (χ0) is 22.4. The average Bonchev–Trinajstić information content (AvgIpc) is 3.51. The Labute approximate surface area is 193 Å². The lowest BCUT2D eigenvalue weighted by molar-refractivity contribution is 0.0794. The highest BCUT2D eigenvalue weighted by Crippen LogP contribution is 2.53. The van der Waals surface area contributed by atoms with Gasteiger partial charge in [-0.2, -0.15) is 0 Å². The van der Waals surface area contributed by atoms with Crippen molar-refractivity contribution in [1.29, 1.82) is 0 Å². The van der Waals surface area contributed by atoms with E-state index in [9.17, 15) is 9.59 Å². The van der Waals surface area contributed by atoms with Gasteiger partial charge in [0.25, 0.3) is 11.5 Å². The molecule has 33 heavy (non-hydrogen) atoms. The van der Waals surface area contributed by atoms with Gasteiger partial charge < -0.3 is 9.80 Å². The Bertz CT molecular complexity index is 1220. The number of H-pyrrole nitrogens is 1. The fraction of sp³-hybridized carbons (Fsp3) is 0.370. The molecule has 1 aliphatic heterocycles. The third kappa shape index (κ3) is 3.84. The maximum atomic E-state index is 13.1. The van der Waals surface area contributed by atoms with Gasteiger partial charge in [0.2, 0.25) is 5.95 Å². The van der Waals surface area contributed by atoms with Crippen molar-refractivity contribution in [3.63, 3.8) is 0 Å². The summed E-state index contributed by atoms with van der Waals surface area (Å²) in [6, 6.07) is 8.19. The van der Waals surface area contributed by atoms with E-state index >= 15 is 0 Å². The number of rotatable bonds is 4. The molecule has 0 spiro atoms. The van der Waals surface area contributed by atoms with E-state index in [4.69, 9.17) is 0 Å². The Hall–Kier alpha value is -3.41. The second kappa shape index (κ2) is 8.18. The summed E-state index contributed by atoms with van der Waals surface area (Å²) >= 11 is 0. The van der Waals surface area contributed by atoms with E-state index in [2.05, 4.69) is 52.5 Å². The molecule has 1 amide bonds. The highest BCUT2D eigenvalue weighted by molar-refractivity contribution is 5.94. The van der Waals surface area contributed by atoms with Crippen molar-refractivity contribution in [2.24, 2.45) is 11.8 Å². The fourth-order valence-electron chi connectivity index (χ4n) is 5.43. The van der Waals surface area contributed by atoms with Crippen molar-refractivity contribution in [3.8, 4) is 0 Å². The molecule has 2 heterocycles. The zero-order valence-corrected chi connectivity index (χ0v) is 18.6. The molecular weight excluding hydrogens is 412 g/mol. The predicted molar refractivity (Wildman–Crippen MR) is 129 cm³/mol. The van der Waals surface area contributed by atoms with Crippen LogP contribution in [0.15, 0.2) is 59.4 Å². The first-order valence-electron chi connectivity index (χ1n) is 11.9. The smallest absolute Gasteiger partial charge is 0.256 e. The number of hydrogen-bond acceptors (Lipinski definition) is 4. The number of aromatic amines is 1. The van der Waals surface area contributed by atoms with Gasteiger partial charge in [0.15, 0.2) is 0 Å². The van der Waals surface area contributed by atoms with Gasteiger partial charge in [-0.25, -0.2) is 4.98 Å². The Morgan fingerprint density at radius 1 is 1.09 bits per heavy atom. The van der Waals surface area contributed by atoms with Crippen LogP contribution in [-0.4, -0.2) is 40.5 Å². The molecule has 168 valence electrons. The summed E-state index contributed by atoms with van der Waals surface area (Å²) in [7, 11) is 0. The SMILES string of the molecule is O=C(c1ccc([C@@H]2C[C@@H]2C2C=CC=CC2)cc1)N1CCN(c2nc3c(c(=O)[nH]2)CCC=C3)C1. The molecule has 6 nitrogen and oxygen atoms in total. The van der Waals surface area contributed by atoms with E-state index in [0.29, 0.717) is 43.1 Å². The molecule has 3 atom stereocenters. The van der Waals surface area contributed by atoms with Gasteiger partial charge in [0.05, 0.1) is 12.4 Å². The van der Waals surface area contributed by atoms with Crippen molar-refractivity contribution >= 4 is 17.9 Å². The van der Waals surface area contributed by atoms with Crippen LogP contribution < -0.4 is 10.5 Å². The molecule has 1 aromatic heterocycles. The molecule has 6 heteroatoms. The van der Waals surface area contributed by atoms with Gasteiger partial charge in [0, 0.05) is 24.2 Å². The van der Waals surface area contributed by atoms with Crippen LogP contribution in [-0.2, 0) is 6.42 Å². The first-order valence-corrected chi connectivity index (χ1v) is 11.9. The van der Waals surface area contributed by atoms with Crippen LogP contribution in [0.4, 0.5) is 5.95 Å². The highest BCUT2D eigenvalue weighted by Gasteiger charge is 2.42. The minimum atomic E-state index is -0.0714. The summed E-state index contributed by atoms with van der Waals surface area (Å²) in [6.07, 6.45) is 16.8. The lowest BCUT2D eigenvalue weighted by Gasteiger charge is -2.20. The second-order valence-corrected chi connectivity index (χ2v) is 9.51. The number of nitrogens with one attached hydrogen (secondary N) is 1. The lowest BCUT2D eigenvalue weighted by Crippen LogP contribution is -2.33. The average molecular weight is 441 g/mol. The summed E-state index contributed by atoms with van der Waals surface area (Å²) in [5.74, 6) is 2.55. The quantitative estimate of drug-likeness (QED) is 0.783. The number of nitrogens with zero attached hydrogens (tertiary/aromatic N) is 3. The van der Waals surface area contributed by atoms with Gasteiger partial charge in [-0.3, -0.25) is 14.6 Å². The number of benzene rings is 1. The molecule has 4 aliphatic rings. The normalized spacial score (nSPS) is 25.4. The number of anilines is 1.